The molecule has 3 aromatic rings. The highest BCUT2D eigenvalue weighted by atomic mass is 16.3. The van der Waals surface area contributed by atoms with Crippen LogP contribution in [0.2, 0.25) is 0 Å². The molecule has 3 rings (SSSR count). The summed E-state index contributed by atoms with van der Waals surface area (Å²) < 4.78 is 0. The van der Waals surface area contributed by atoms with Crippen molar-refractivity contribution in [1.29, 1.82) is 0 Å². The molecule has 0 aliphatic heterocycles. The summed E-state index contributed by atoms with van der Waals surface area (Å²) in [7, 11) is 8.11. The molecule has 6 nitrogen and oxygen atoms in total. The van der Waals surface area contributed by atoms with Gasteiger partial charge in [0.25, 0.3) is 0 Å². The molecule has 0 amide bonds. The van der Waals surface area contributed by atoms with Crippen LogP contribution in [0.15, 0.2) is 72.8 Å². The molecule has 162 valence electrons. The van der Waals surface area contributed by atoms with Gasteiger partial charge in [-0.3, -0.25) is 0 Å². The molecule has 0 heterocycles. The van der Waals surface area contributed by atoms with Gasteiger partial charge in [0.2, 0.25) is 0 Å². The van der Waals surface area contributed by atoms with Crippen molar-refractivity contribution >= 4 is 0 Å². The van der Waals surface area contributed by atoms with Crippen molar-refractivity contribution in [1.82, 2.24) is 9.80 Å². The number of rotatable bonds is 4. The number of hydrogen-bond donors (Lipinski definition) is 4. The van der Waals surface area contributed by atoms with Gasteiger partial charge in [0, 0.05) is 36.9 Å². The summed E-state index contributed by atoms with van der Waals surface area (Å²) in [5.41, 5.74) is 2.34. The average Bonchev–Trinajstić information content (AvgIpc) is 2.63. The summed E-state index contributed by atoms with van der Waals surface area (Å²) in [4.78, 5) is 4.18. The van der Waals surface area contributed by atoms with Gasteiger partial charge in [-0.2, -0.15) is 0 Å². The summed E-state index contributed by atoms with van der Waals surface area (Å²) >= 11 is 0. The number of para-hydroxylation sites is 1. The van der Waals surface area contributed by atoms with E-state index in [0.29, 0.717) is 5.75 Å². The highest BCUT2D eigenvalue weighted by molar-refractivity contribution is 5.39. The number of phenolic OH excluding ortho intramolecular Hbond substituents is 4. The Bertz CT molecular complexity index is 818. The minimum absolute atomic E-state index is 0.146. The lowest BCUT2D eigenvalue weighted by atomic mass is 10.2. The van der Waals surface area contributed by atoms with Crippen molar-refractivity contribution < 1.29 is 20.4 Å². The topological polar surface area (TPSA) is 87.4 Å². The second kappa shape index (κ2) is 13.1. The Labute approximate surface area is 178 Å². The van der Waals surface area contributed by atoms with Crippen LogP contribution in [0.4, 0.5) is 0 Å². The lowest BCUT2D eigenvalue weighted by Crippen LogP contribution is -2.10. The van der Waals surface area contributed by atoms with Crippen molar-refractivity contribution in [2.24, 2.45) is 0 Å². The van der Waals surface area contributed by atoms with Crippen molar-refractivity contribution in [2.75, 3.05) is 28.2 Å². The van der Waals surface area contributed by atoms with Gasteiger partial charge in [-0.25, -0.2) is 0 Å². The summed E-state index contributed by atoms with van der Waals surface area (Å²) in [6.45, 7) is 1.81. The van der Waals surface area contributed by atoms with Gasteiger partial charge in [-0.05, 0) is 39.8 Å². The molecule has 0 aliphatic carbocycles. The second-order valence-corrected chi connectivity index (χ2v) is 7.30. The fourth-order valence-corrected chi connectivity index (χ4v) is 2.51. The van der Waals surface area contributed by atoms with Crippen LogP contribution in [-0.2, 0) is 13.1 Å². The Kier molecular flexibility index (Phi) is 10.8. The van der Waals surface area contributed by atoms with Crippen LogP contribution >= 0.6 is 0 Å². The van der Waals surface area contributed by atoms with E-state index in [1.54, 1.807) is 6.07 Å². The molecule has 0 saturated heterocycles. The normalized spacial score (nSPS) is 10.1. The highest BCUT2D eigenvalue weighted by Gasteiger charge is 1.99. The van der Waals surface area contributed by atoms with Gasteiger partial charge >= 0.3 is 0 Å². The summed E-state index contributed by atoms with van der Waals surface area (Å²) in [5, 5.41) is 35.4. The maximum Gasteiger partial charge on any atom is 0.122 e. The quantitative estimate of drug-likeness (QED) is 0.518. The summed E-state index contributed by atoms with van der Waals surface area (Å²) in [6.07, 6.45) is 0. The first-order valence-corrected chi connectivity index (χ1v) is 9.49. The van der Waals surface area contributed by atoms with Gasteiger partial charge in [-0.15, -0.1) is 0 Å². The average molecular weight is 413 g/mol. The molecule has 0 fully saturated rings. The fourth-order valence-electron chi connectivity index (χ4n) is 2.51. The second-order valence-electron chi connectivity index (χ2n) is 7.30. The Morgan fingerprint density at radius 2 is 1.00 bits per heavy atom. The zero-order valence-corrected chi connectivity index (χ0v) is 18.0. The van der Waals surface area contributed by atoms with Crippen LogP contribution in [0.1, 0.15) is 11.1 Å². The molecule has 4 N–H and O–H groups in total. The van der Waals surface area contributed by atoms with Gasteiger partial charge in [-0.1, -0.05) is 48.5 Å². The minimum Gasteiger partial charge on any atom is -0.508 e. The largest absolute Gasteiger partial charge is 0.508 e. The third-order valence-corrected chi connectivity index (χ3v) is 3.71. The van der Waals surface area contributed by atoms with E-state index in [1.807, 2.05) is 43.3 Å². The van der Waals surface area contributed by atoms with Crippen molar-refractivity contribution in [2.45, 2.75) is 13.1 Å². The van der Waals surface area contributed by atoms with E-state index >= 15 is 0 Å². The van der Waals surface area contributed by atoms with E-state index < -0.39 is 0 Å². The molecule has 3 aromatic carbocycles. The monoisotopic (exact) mass is 412 g/mol. The van der Waals surface area contributed by atoms with Crippen molar-refractivity contribution in [3.63, 3.8) is 0 Å². The van der Waals surface area contributed by atoms with Crippen molar-refractivity contribution in [3.8, 4) is 23.0 Å². The summed E-state index contributed by atoms with van der Waals surface area (Å²) in [6, 6.07) is 21.3. The van der Waals surface area contributed by atoms with Crippen LogP contribution in [-0.4, -0.2) is 58.4 Å². The van der Waals surface area contributed by atoms with Gasteiger partial charge in [0.1, 0.15) is 23.0 Å². The Balaban J connectivity index is 0.000000226. The van der Waals surface area contributed by atoms with Crippen LogP contribution in [0.25, 0.3) is 0 Å². The van der Waals surface area contributed by atoms with E-state index in [0.717, 1.165) is 36.9 Å². The van der Waals surface area contributed by atoms with Gasteiger partial charge in [0.05, 0.1) is 0 Å². The highest BCUT2D eigenvalue weighted by Crippen LogP contribution is 2.23. The fraction of sp³-hybridized carbons (Fsp3) is 0.250. The third-order valence-electron chi connectivity index (χ3n) is 3.71. The number of hydrogen-bond acceptors (Lipinski definition) is 6. The first-order valence-electron chi connectivity index (χ1n) is 9.49. The minimum atomic E-state index is -0.146. The zero-order chi connectivity index (χ0) is 22.5. The van der Waals surface area contributed by atoms with Crippen LogP contribution in [0.3, 0.4) is 0 Å². The smallest absolute Gasteiger partial charge is 0.122 e. The Morgan fingerprint density at radius 3 is 1.43 bits per heavy atom. The maximum absolute atomic E-state index is 9.33. The number of aromatic hydroxyl groups is 4. The number of benzene rings is 3. The maximum atomic E-state index is 9.33. The summed E-state index contributed by atoms with van der Waals surface area (Å²) in [5.74, 6) is -0.0614. The Hall–Kier alpha value is -3.22. The third kappa shape index (κ3) is 10.9. The van der Waals surface area contributed by atoms with Gasteiger partial charge in [0.15, 0.2) is 0 Å². The van der Waals surface area contributed by atoms with E-state index in [4.69, 9.17) is 15.3 Å². The lowest BCUT2D eigenvalue weighted by Gasteiger charge is -2.10. The molecule has 0 aliphatic rings. The van der Waals surface area contributed by atoms with E-state index in [9.17, 15) is 5.11 Å². The molecule has 6 heteroatoms. The van der Waals surface area contributed by atoms with E-state index in [2.05, 4.69) is 43.3 Å². The zero-order valence-electron chi connectivity index (χ0n) is 18.0. The SMILES string of the molecule is CN(C)Cc1ccccc1.CN(C)Cc1ccccc1O.Oc1cc(O)cc(O)c1. The lowest BCUT2D eigenvalue weighted by molar-refractivity contribution is 0.386. The number of phenols is 4. The molecule has 0 atom stereocenters. The van der Waals surface area contributed by atoms with Crippen LogP contribution in [0, 0.1) is 0 Å². The van der Waals surface area contributed by atoms with Crippen LogP contribution in [0.5, 0.6) is 23.0 Å². The molecule has 30 heavy (non-hydrogen) atoms. The molecule has 0 radical (unpaired) electrons. The number of nitrogens with zero attached hydrogens (tertiary/aromatic N) is 2. The van der Waals surface area contributed by atoms with Crippen LogP contribution < -0.4 is 0 Å². The first kappa shape index (κ1) is 24.8. The van der Waals surface area contributed by atoms with E-state index in [1.165, 1.54) is 5.56 Å². The molecule has 0 unspecified atom stereocenters. The van der Waals surface area contributed by atoms with Gasteiger partial charge < -0.3 is 30.2 Å². The molecule has 0 saturated carbocycles. The molecular weight excluding hydrogens is 380 g/mol. The van der Waals surface area contributed by atoms with Crippen molar-refractivity contribution in [3.05, 3.63) is 83.9 Å². The molecule has 0 spiro atoms. The predicted molar refractivity (Wildman–Crippen MR) is 121 cm³/mol. The first-order chi connectivity index (χ1) is 14.2. The molecule has 0 bridgehead atoms. The predicted octanol–water partition coefficient (Wildman–Crippen LogP) is 4.01. The Morgan fingerprint density at radius 1 is 0.567 bits per heavy atom. The standard InChI is InChI=1S/C9H13NO.C9H13N.C6H6O3/c1-10(2)7-8-5-3-4-6-9(8)11;1-10(2)8-9-6-4-3-5-7-9;7-4-1-5(8)3-6(9)2-4/h3-6,11H,7H2,1-2H3;3-7H,8H2,1-2H3;1-3,7-9H. The molecular formula is C24H32N2O4. The van der Waals surface area contributed by atoms with E-state index in [-0.39, 0.29) is 17.2 Å². The molecule has 0 aromatic heterocycles.